The number of hydrogen-bond acceptors (Lipinski definition) is 6. The van der Waals surface area contributed by atoms with Crippen LogP contribution in [0, 0.1) is 6.92 Å². The lowest BCUT2D eigenvalue weighted by Crippen LogP contribution is -2.32. The smallest absolute Gasteiger partial charge is 0.329 e. The van der Waals surface area contributed by atoms with Gasteiger partial charge in [0.2, 0.25) is 0 Å². The number of ether oxygens (including phenoxy) is 2. The van der Waals surface area contributed by atoms with Crippen LogP contribution in [0.1, 0.15) is 23.6 Å². The Morgan fingerprint density at radius 2 is 1.67 bits per heavy atom. The van der Waals surface area contributed by atoms with E-state index in [2.05, 4.69) is 21.2 Å². The van der Waals surface area contributed by atoms with Gasteiger partial charge in [0.25, 0.3) is 5.91 Å². The summed E-state index contributed by atoms with van der Waals surface area (Å²) in [4.78, 5) is 36.4. The molecule has 0 aliphatic heterocycles. The van der Waals surface area contributed by atoms with E-state index in [4.69, 9.17) is 9.47 Å². The lowest BCUT2D eigenvalue weighted by Gasteiger charge is -2.11. The number of hydrazone groups is 1. The second kappa shape index (κ2) is 12.7. The molecule has 3 rings (SSSR count). The van der Waals surface area contributed by atoms with Crippen LogP contribution in [0.25, 0.3) is 0 Å². The molecule has 0 spiro atoms. The molecule has 3 amide bonds. The van der Waals surface area contributed by atoms with Gasteiger partial charge in [-0.3, -0.25) is 14.4 Å². The Morgan fingerprint density at radius 3 is 2.39 bits per heavy atom. The Labute approximate surface area is 209 Å². The maximum atomic E-state index is 12.2. The van der Waals surface area contributed by atoms with Crippen molar-refractivity contribution in [2.45, 2.75) is 20.3 Å². The predicted molar refractivity (Wildman–Crippen MR) is 138 cm³/mol. The monoisotopic (exact) mass is 488 g/mol. The Hall–Kier alpha value is -4.66. The van der Waals surface area contributed by atoms with Crippen molar-refractivity contribution in [3.63, 3.8) is 0 Å². The quantitative estimate of drug-likeness (QED) is 0.241. The van der Waals surface area contributed by atoms with Gasteiger partial charge in [0, 0.05) is 11.4 Å². The summed E-state index contributed by atoms with van der Waals surface area (Å²) in [5, 5.41) is 9.17. The third-order valence-electron chi connectivity index (χ3n) is 5.11. The molecule has 0 saturated carbocycles. The van der Waals surface area contributed by atoms with E-state index in [0.717, 1.165) is 17.5 Å². The molecule has 9 heteroatoms. The maximum absolute atomic E-state index is 12.2. The van der Waals surface area contributed by atoms with Crippen molar-refractivity contribution < 1.29 is 23.9 Å². The topological polar surface area (TPSA) is 118 Å². The molecule has 9 nitrogen and oxygen atoms in total. The highest BCUT2D eigenvalue weighted by Crippen LogP contribution is 2.27. The number of nitrogens with one attached hydrogen (secondary N) is 3. The van der Waals surface area contributed by atoms with Gasteiger partial charge < -0.3 is 20.1 Å². The van der Waals surface area contributed by atoms with Gasteiger partial charge in [-0.2, -0.15) is 5.10 Å². The molecule has 0 aliphatic carbocycles. The number of para-hydroxylation sites is 1. The van der Waals surface area contributed by atoms with E-state index in [-0.39, 0.29) is 12.5 Å². The second-order valence-electron chi connectivity index (χ2n) is 7.78. The Morgan fingerprint density at radius 1 is 0.917 bits per heavy atom. The highest BCUT2D eigenvalue weighted by Gasteiger charge is 2.14. The third kappa shape index (κ3) is 7.42. The lowest BCUT2D eigenvalue weighted by molar-refractivity contribution is -0.136. The molecule has 0 heterocycles. The van der Waals surface area contributed by atoms with E-state index >= 15 is 0 Å². The van der Waals surface area contributed by atoms with E-state index in [0.29, 0.717) is 28.4 Å². The van der Waals surface area contributed by atoms with Crippen LogP contribution in [0.5, 0.6) is 11.5 Å². The summed E-state index contributed by atoms with van der Waals surface area (Å²) in [5.74, 6) is -1.29. The molecule has 0 fully saturated rings. The van der Waals surface area contributed by atoms with Crippen LogP contribution >= 0.6 is 0 Å². The van der Waals surface area contributed by atoms with Crippen LogP contribution in [-0.4, -0.2) is 37.7 Å². The fourth-order valence-electron chi connectivity index (χ4n) is 3.21. The number of amides is 3. The van der Waals surface area contributed by atoms with Gasteiger partial charge >= 0.3 is 11.8 Å². The van der Waals surface area contributed by atoms with Crippen LogP contribution in [0.15, 0.2) is 71.8 Å². The molecule has 0 atom stereocenters. The van der Waals surface area contributed by atoms with Crippen molar-refractivity contribution in [2.75, 3.05) is 24.4 Å². The van der Waals surface area contributed by atoms with Crippen molar-refractivity contribution in [1.82, 2.24) is 5.43 Å². The van der Waals surface area contributed by atoms with Gasteiger partial charge in [0.1, 0.15) is 0 Å². The van der Waals surface area contributed by atoms with Gasteiger partial charge in [-0.05, 0) is 60.9 Å². The summed E-state index contributed by atoms with van der Waals surface area (Å²) in [7, 11) is 1.47. The lowest BCUT2D eigenvalue weighted by atomic mass is 10.1. The summed E-state index contributed by atoms with van der Waals surface area (Å²) in [6.45, 7) is 3.72. The molecule has 3 N–H and O–H groups in total. The molecule has 36 heavy (non-hydrogen) atoms. The van der Waals surface area contributed by atoms with E-state index in [1.807, 2.05) is 50.2 Å². The maximum Gasteiger partial charge on any atom is 0.329 e. The Kier molecular flexibility index (Phi) is 9.16. The first-order chi connectivity index (χ1) is 17.4. The van der Waals surface area contributed by atoms with Crippen molar-refractivity contribution in [1.29, 1.82) is 0 Å². The van der Waals surface area contributed by atoms with Crippen molar-refractivity contribution in [3.8, 4) is 11.5 Å². The first-order valence-electron chi connectivity index (χ1n) is 11.3. The highest BCUT2D eigenvalue weighted by molar-refractivity contribution is 6.39. The zero-order chi connectivity index (χ0) is 25.9. The van der Waals surface area contributed by atoms with Crippen LogP contribution in [-0.2, 0) is 20.8 Å². The van der Waals surface area contributed by atoms with Crippen molar-refractivity contribution >= 4 is 35.3 Å². The number of aryl methyl sites for hydroxylation is 2. The largest absolute Gasteiger partial charge is 0.493 e. The average Bonchev–Trinajstić information content (AvgIpc) is 2.89. The van der Waals surface area contributed by atoms with Crippen LogP contribution in [0.4, 0.5) is 11.4 Å². The summed E-state index contributed by atoms with van der Waals surface area (Å²) < 4.78 is 10.9. The molecule has 0 bridgehead atoms. The average molecular weight is 489 g/mol. The zero-order valence-corrected chi connectivity index (χ0v) is 20.3. The van der Waals surface area contributed by atoms with Crippen molar-refractivity contribution in [3.05, 3.63) is 83.4 Å². The predicted octanol–water partition coefficient (Wildman–Crippen LogP) is 3.67. The number of rotatable bonds is 9. The normalized spacial score (nSPS) is 10.5. The third-order valence-corrected chi connectivity index (χ3v) is 5.11. The molecule has 0 aliphatic rings. The van der Waals surface area contributed by atoms with Crippen LogP contribution in [0.2, 0.25) is 0 Å². The summed E-state index contributed by atoms with van der Waals surface area (Å²) in [5.41, 5.74) is 6.06. The molecule has 0 saturated heterocycles. The minimum Gasteiger partial charge on any atom is -0.493 e. The molecular weight excluding hydrogens is 460 g/mol. The van der Waals surface area contributed by atoms with Gasteiger partial charge in [-0.25, -0.2) is 5.43 Å². The van der Waals surface area contributed by atoms with E-state index < -0.39 is 11.8 Å². The SMILES string of the molecule is CCc1ccccc1NC(=O)C(=O)N/N=C\c1ccc(OCC(=O)Nc2ccc(C)cc2)c(OC)c1. The Balaban J connectivity index is 1.53. The number of hydrogen-bond donors (Lipinski definition) is 3. The molecular formula is C27H28N4O5. The Bertz CT molecular complexity index is 1260. The molecule has 3 aromatic carbocycles. The molecule has 3 aromatic rings. The number of anilines is 2. The minimum atomic E-state index is -0.899. The number of methoxy groups -OCH3 is 1. The van der Waals surface area contributed by atoms with Gasteiger partial charge in [0.05, 0.1) is 13.3 Å². The van der Waals surface area contributed by atoms with E-state index in [1.165, 1.54) is 13.3 Å². The second-order valence-corrected chi connectivity index (χ2v) is 7.78. The first-order valence-corrected chi connectivity index (χ1v) is 11.3. The number of carbonyl (C=O) groups excluding carboxylic acids is 3. The zero-order valence-electron chi connectivity index (χ0n) is 20.3. The number of carbonyl (C=O) groups is 3. The molecule has 0 unspecified atom stereocenters. The number of benzene rings is 3. The minimum absolute atomic E-state index is 0.204. The highest BCUT2D eigenvalue weighted by atomic mass is 16.5. The summed E-state index contributed by atoms with van der Waals surface area (Å²) in [6.07, 6.45) is 2.08. The molecule has 186 valence electrons. The van der Waals surface area contributed by atoms with Gasteiger partial charge in [-0.1, -0.05) is 42.8 Å². The van der Waals surface area contributed by atoms with E-state index in [1.54, 1.807) is 30.3 Å². The van der Waals surface area contributed by atoms with Crippen LogP contribution in [0.3, 0.4) is 0 Å². The standard InChI is InChI=1S/C27H28N4O5/c1-4-20-7-5-6-8-22(20)30-26(33)27(34)31-28-16-19-11-14-23(24(15-19)35-3)36-17-25(32)29-21-12-9-18(2)10-13-21/h5-16H,4,17H2,1-3H3,(H,29,32)(H,30,33)(H,31,34)/b28-16-. The number of nitrogens with zero attached hydrogens (tertiary/aromatic N) is 1. The van der Waals surface area contributed by atoms with Crippen molar-refractivity contribution in [2.24, 2.45) is 5.10 Å². The fraction of sp³-hybridized carbons (Fsp3) is 0.185. The molecule has 0 radical (unpaired) electrons. The van der Waals surface area contributed by atoms with Gasteiger partial charge in [-0.15, -0.1) is 0 Å². The molecule has 0 aromatic heterocycles. The first kappa shape index (κ1) is 26.0. The summed E-state index contributed by atoms with van der Waals surface area (Å²) in [6, 6.07) is 19.6. The van der Waals surface area contributed by atoms with Gasteiger partial charge in [0.15, 0.2) is 18.1 Å². The van der Waals surface area contributed by atoms with E-state index in [9.17, 15) is 14.4 Å². The fourth-order valence-corrected chi connectivity index (χ4v) is 3.21. The van der Waals surface area contributed by atoms with Crippen LogP contribution < -0.4 is 25.5 Å². The summed E-state index contributed by atoms with van der Waals surface area (Å²) >= 11 is 0.